The molecule has 2 aliphatic heterocycles. The standard InChI is InChI=1S/C15H17N3O2/c16-15(20)18-7-5-10(6-8-18)14-12-4-2-1-3-11(12)13(19)9-17-14/h1-4,10H,5-9H2,(H2,16,20). The molecular formula is C15H17N3O2. The number of carbonyl (C=O) groups is 2. The van der Waals surface area contributed by atoms with E-state index in [9.17, 15) is 9.59 Å². The van der Waals surface area contributed by atoms with Crippen LogP contribution in [0.25, 0.3) is 0 Å². The lowest BCUT2D eigenvalue weighted by Crippen LogP contribution is -2.43. The summed E-state index contributed by atoms with van der Waals surface area (Å²) in [5.41, 5.74) is 8.05. The Morgan fingerprint density at radius 3 is 2.50 bits per heavy atom. The highest BCUT2D eigenvalue weighted by Crippen LogP contribution is 2.26. The van der Waals surface area contributed by atoms with Gasteiger partial charge in [-0.3, -0.25) is 9.79 Å². The first-order chi connectivity index (χ1) is 9.66. The summed E-state index contributed by atoms with van der Waals surface area (Å²) >= 11 is 0. The lowest BCUT2D eigenvalue weighted by atomic mass is 9.84. The van der Waals surface area contributed by atoms with Gasteiger partial charge in [0.15, 0.2) is 5.78 Å². The Balaban J connectivity index is 1.82. The van der Waals surface area contributed by atoms with Gasteiger partial charge in [0.05, 0.1) is 0 Å². The Morgan fingerprint density at radius 2 is 1.85 bits per heavy atom. The number of amides is 2. The molecule has 0 aliphatic carbocycles. The molecule has 5 heteroatoms. The van der Waals surface area contributed by atoms with Gasteiger partial charge in [-0.15, -0.1) is 0 Å². The van der Waals surface area contributed by atoms with E-state index in [2.05, 4.69) is 4.99 Å². The van der Waals surface area contributed by atoms with Crippen molar-refractivity contribution in [3.8, 4) is 0 Å². The van der Waals surface area contributed by atoms with Gasteiger partial charge < -0.3 is 10.6 Å². The van der Waals surface area contributed by atoms with Crippen LogP contribution in [0.15, 0.2) is 29.3 Å². The van der Waals surface area contributed by atoms with Crippen molar-refractivity contribution >= 4 is 17.5 Å². The summed E-state index contributed by atoms with van der Waals surface area (Å²) in [6.07, 6.45) is 1.70. The molecule has 1 saturated heterocycles. The minimum atomic E-state index is -0.357. The van der Waals surface area contributed by atoms with E-state index in [1.54, 1.807) is 4.90 Å². The lowest BCUT2D eigenvalue weighted by molar-refractivity contribution is 0.0999. The van der Waals surface area contributed by atoms with Crippen molar-refractivity contribution in [1.82, 2.24) is 4.90 Å². The number of piperidine rings is 1. The SMILES string of the molecule is NC(=O)N1CCC(C2=NCC(=O)c3ccccc32)CC1. The van der Waals surface area contributed by atoms with E-state index in [0.29, 0.717) is 19.0 Å². The largest absolute Gasteiger partial charge is 0.351 e. The van der Waals surface area contributed by atoms with Gasteiger partial charge in [-0.2, -0.15) is 0 Å². The second-order valence-corrected chi connectivity index (χ2v) is 5.27. The molecule has 0 saturated carbocycles. The molecule has 0 atom stereocenters. The predicted molar refractivity (Wildman–Crippen MR) is 76.1 cm³/mol. The maximum Gasteiger partial charge on any atom is 0.314 e. The third-order valence-corrected chi connectivity index (χ3v) is 4.09. The Labute approximate surface area is 117 Å². The monoisotopic (exact) mass is 271 g/mol. The number of fused-ring (bicyclic) bond motifs is 1. The predicted octanol–water partition coefficient (Wildman–Crippen LogP) is 1.46. The number of Topliss-reactive ketones (excluding diaryl/α,β-unsaturated/α-hetero) is 1. The summed E-state index contributed by atoms with van der Waals surface area (Å²) in [5.74, 6) is 0.388. The van der Waals surface area contributed by atoms with Crippen molar-refractivity contribution in [2.24, 2.45) is 16.6 Å². The van der Waals surface area contributed by atoms with Crippen molar-refractivity contribution in [1.29, 1.82) is 0 Å². The summed E-state index contributed by atoms with van der Waals surface area (Å²) in [7, 11) is 0. The molecule has 1 fully saturated rings. The van der Waals surface area contributed by atoms with Gasteiger partial charge in [0, 0.05) is 35.8 Å². The highest BCUT2D eigenvalue weighted by Gasteiger charge is 2.29. The smallest absolute Gasteiger partial charge is 0.314 e. The van der Waals surface area contributed by atoms with Crippen LogP contribution in [0.1, 0.15) is 28.8 Å². The van der Waals surface area contributed by atoms with Crippen LogP contribution >= 0.6 is 0 Å². The minimum Gasteiger partial charge on any atom is -0.351 e. The Bertz CT molecular complexity index is 587. The molecule has 0 radical (unpaired) electrons. The zero-order valence-corrected chi connectivity index (χ0v) is 11.2. The summed E-state index contributed by atoms with van der Waals surface area (Å²) < 4.78 is 0. The number of carbonyl (C=O) groups excluding carboxylic acids is 2. The van der Waals surface area contributed by atoms with Crippen molar-refractivity contribution in [2.75, 3.05) is 19.6 Å². The molecular weight excluding hydrogens is 254 g/mol. The normalized spacial score (nSPS) is 19.5. The van der Waals surface area contributed by atoms with Gasteiger partial charge in [-0.1, -0.05) is 24.3 Å². The molecule has 1 aromatic rings. The van der Waals surface area contributed by atoms with Crippen molar-refractivity contribution < 1.29 is 9.59 Å². The first-order valence-corrected chi connectivity index (χ1v) is 6.88. The number of primary amides is 1. The summed E-state index contributed by atoms with van der Waals surface area (Å²) in [5, 5.41) is 0. The fourth-order valence-electron chi connectivity index (χ4n) is 3.00. The molecule has 5 nitrogen and oxygen atoms in total. The number of nitrogens with zero attached hydrogens (tertiary/aromatic N) is 2. The average Bonchev–Trinajstić information content (AvgIpc) is 2.48. The third-order valence-electron chi connectivity index (χ3n) is 4.09. The summed E-state index contributed by atoms with van der Waals surface area (Å²) in [4.78, 5) is 29.2. The number of nitrogens with two attached hydrogens (primary N) is 1. The van der Waals surface area contributed by atoms with Gasteiger partial charge >= 0.3 is 6.03 Å². The number of urea groups is 1. The molecule has 2 heterocycles. The second-order valence-electron chi connectivity index (χ2n) is 5.27. The number of benzene rings is 1. The quantitative estimate of drug-likeness (QED) is 0.839. The third kappa shape index (κ3) is 2.19. The van der Waals surface area contributed by atoms with E-state index in [0.717, 1.165) is 29.7 Å². The van der Waals surface area contributed by atoms with Crippen LogP contribution in [0.4, 0.5) is 4.79 Å². The summed E-state index contributed by atoms with van der Waals surface area (Å²) in [6, 6.07) is 7.29. The molecule has 1 aromatic carbocycles. The highest BCUT2D eigenvalue weighted by molar-refractivity contribution is 6.16. The van der Waals surface area contributed by atoms with Crippen LogP contribution in [0, 0.1) is 5.92 Å². The average molecular weight is 271 g/mol. The molecule has 0 spiro atoms. The zero-order valence-electron chi connectivity index (χ0n) is 11.2. The van der Waals surface area contributed by atoms with Crippen LogP contribution < -0.4 is 5.73 Å². The molecule has 0 unspecified atom stereocenters. The zero-order chi connectivity index (χ0) is 14.1. The van der Waals surface area contributed by atoms with Gasteiger partial charge in [0.2, 0.25) is 0 Å². The fourth-order valence-corrected chi connectivity index (χ4v) is 3.00. The second kappa shape index (κ2) is 5.07. The van der Waals surface area contributed by atoms with E-state index in [1.807, 2.05) is 24.3 Å². The summed E-state index contributed by atoms with van der Waals surface area (Å²) in [6.45, 7) is 1.56. The lowest BCUT2D eigenvalue weighted by Gasteiger charge is -2.32. The number of rotatable bonds is 1. The number of hydrogen-bond acceptors (Lipinski definition) is 3. The Kier molecular flexibility index (Phi) is 3.26. The van der Waals surface area contributed by atoms with Crippen LogP contribution in [-0.2, 0) is 0 Å². The minimum absolute atomic E-state index is 0.0823. The molecule has 104 valence electrons. The molecule has 2 aliphatic rings. The van der Waals surface area contributed by atoms with Gasteiger partial charge in [-0.05, 0) is 12.8 Å². The van der Waals surface area contributed by atoms with E-state index in [1.165, 1.54) is 0 Å². The molecule has 0 bridgehead atoms. The molecule has 0 aromatic heterocycles. The number of ketones is 1. The highest BCUT2D eigenvalue weighted by atomic mass is 16.2. The van der Waals surface area contributed by atoms with E-state index >= 15 is 0 Å². The number of likely N-dealkylation sites (tertiary alicyclic amines) is 1. The fraction of sp³-hybridized carbons (Fsp3) is 0.400. The molecule has 2 N–H and O–H groups in total. The maximum absolute atomic E-state index is 11.9. The molecule has 3 rings (SSSR count). The van der Waals surface area contributed by atoms with Crippen LogP contribution in [0.2, 0.25) is 0 Å². The maximum atomic E-state index is 11.9. The first-order valence-electron chi connectivity index (χ1n) is 6.88. The Hall–Kier alpha value is -2.17. The number of hydrogen-bond donors (Lipinski definition) is 1. The van der Waals surface area contributed by atoms with Crippen molar-refractivity contribution in [3.63, 3.8) is 0 Å². The van der Waals surface area contributed by atoms with Crippen molar-refractivity contribution in [2.45, 2.75) is 12.8 Å². The van der Waals surface area contributed by atoms with Crippen LogP contribution in [0.3, 0.4) is 0 Å². The topological polar surface area (TPSA) is 75.8 Å². The Morgan fingerprint density at radius 1 is 1.20 bits per heavy atom. The van der Waals surface area contributed by atoms with Crippen molar-refractivity contribution in [3.05, 3.63) is 35.4 Å². The first kappa shape index (κ1) is 12.8. The molecule has 2 amide bonds. The van der Waals surface area contributed by atoms with E-state index < -0.39 is 0 Å². The molecule has 20 heavy (non-hydrogen) atoms. The van der Waals surface area contributed by atoms with Gasteiger partial charge in [0.1, 0.15) is 6.54 Å². The van der Waals surface area contributed by atoms with Gasteiger partial charge in [-0.25, -0.2) is 4.79 Å². The van der Waals surface area contributed by atoms with E-state index in [-0.39, 0.29) is 18.4 Å². The van der Waals surface area contributed by atoms with Crippen LogP contribution in [0.5, 0.6) is 0 Å². The van der Waals surface area contributed by atoms with Gasteiger partial charge in [0.25, 0.3) is 0 Å². The number of aliphatic imine (C=N–C) groups is 1. The van der Waals surface area contributed by atoms with E-state index in [4.69, 9.17) is 5.73 Å². The van der Waals surface area contributed by atoms with Crippen LogP contribution in [-0.4, -0.2) is 42.1 Å².